The van der Waals surface area contributed by atoms with Crippen LogP contribution in [-0.4, -0.2) is 18.9 Å². The van der Waals surface area contributed by atoms with Crippen molar-refractivity contribution in [3.63, 3.8) is 0 Å². The van der Waals surface area contributed by atoms with Gasteiger partial charge in [0.1, 0.15) is 0 Å². The minimum absolute atomic E-state index is 0.0260. The number of rotatable bonds is 2. The van der Waals surface area contributed by atoms with Gasteiger partial charge in [0, 0.05) is 0 Å². The molecule has 1 rings (SSSR count). The standard InChI is InChI=1S/C9H6Cl2F3NO2/c10-5-2-1-3-6(7(5)11)15-8(16)17-4-9(12,13)14/h1-3H,4H2,(H,15,16). The van der Waals surface area contributed by atoms with Crippen LogP contribution < -0.4 is 5.32 Å². The van der Waals surface area contributed by atoms with Gasteiger partial charge in [-0.1, -0.05) is 29.3 Å². The smallest absolute Gasteiger partial charge is 0.422 e. The van der Waals surface area contributed by atoms with Gasteiger partial charge in [-0.05, 0) is 12.1 Å². The predicted molar refractivity (Wildman–Crippen MR) is 57.5 cm³/mol. The van der Waals surface area contributed by atoms with E-state index in [0.717, 1.165) is 0 Å². The van der Waals surface area contributed by atoms with E-state index in [-0.39, 0.29) is 15.7 Å². The van der Waals surface area contributed by atoms with E-state index in [2.05, 4.69) is 4.74 Å². The van der Waals surface area contributed by atoms with E-state index in [0.29, 0.717) is 0 Å². The second-order valence-corrected chi connectivity index (χ2v) is 3.70. The Balaban J connectivity index is 2.60. The number of anilines is 1. The SMILES string of the molecule is O=C(Nc1cccc(Cl)c1Cl)OCC(F)(F)F. The Hall–Kier alpha value is -1.14. The Bertz CT molecular complexity index is 423. The molecule has 0 saturated heterocycles. The number of nitrogens with one attached hydrogen (secondary N) is 1. The quantitative estimate of drug-likeness (QED) is 0.889. The molecular formula is C9H6Cl2F3NO2. The molecule has 17 heavy (non-hydrogen) atoms. The van der Waals surface area contributed by atoms with Gasteiger partial charge < -0.3 is 4.74 Å². The fourth-order valence-electron chi connectivity index (χ4n) is 0.894. The van der Waals surface area contributed by atoms with Crippen molar-refractivity contribution in [1.29, 1.82) is 0 Å². The Morgan fingerprint density at radius 2 is 2.00 bits per heavy atom. The number of carbonyl (C=O) groups is 1. The zero-order valence-electron chi connectivity index (χ0n) is 8.15. The molecule has 94 valence electrons. The molecule has 0 aromatic heterocycles. The van der Waals surface area contributed by atoms with Crippen LogP contribution >= 0.6 is 23.2 Å². The van der Waals surface area contributed by atoms with Crippen molar-refractivity contribution in [1.82, 2.24) is 0 Å². The largest absolute Gasteiger partial charge is 0.440 e. The molecule has 0 spiro atoms. The molecule has 0 unspecified atom stereocenters. The van der Waals surface area contributed by atoms with E-state index in [1.54, 1.807) is 0 Å². The average Bonchev–Trinajstić information content (AvgIpc) is 2.21. The maximum absolute atomic E-state index is 11.7. The summed E-state index contributed by atoms with van der Waals surface area (Å²) in [6.45, 7) is -1.67. The zero-order chi connectivity index (χ0) is 13.1. The van der Waals surface area contributed by atoms with Crippen LogP contribution in [0.15, 0.2) is 18.2 Å². The lowest BCUT2D eigenvalue weighted by Gasteiger charge is -2.10. The molecule has 0 aliphatic heterocycles. The minimum atomic E-state index is -4.57. The van der Waals surface area contributed by atoms with Crippen molar-refractivity contribution < 1.29 is 22.7 Å². The zero-order valence-corrected chi connectivity index (χ0v) is 9.66. The van der Waals surface area contributed by atoms with E-state index in [4.69, 9.17) is 23.2 Å². The average molecular weight is 288 g/mol. The predicted octanol–water partition coefficient (Wildman–Crippen LogP) is 4.10. The molecule has 0 fully saturated rings. The fraction of sp³-hybridized carbons (Fsp3) is 0.222. The van der Waals surface area contributed by atoms with Crippen LogP contribution in [0, 0.1) is 0 Å². The molecule has 1 N–H and O–H groups in total. The first-order valence-electron chi connectivity index (χ1n) is 4.24. The maximum atomic E-state index is 11.7. The van der Waals surface area contributed by atoms with E-state index in [1.807, 2.05) is 5.32 Å². The summed E-state index contributed by atoms with van der Waals surface area (Å²) in [5, 5.41) is 2.24. The molecule has 0 saturated carbocycles. The van der Waals surface area contributed by atoms with Gasteiger partial charge in [0.25, 0.3) is 0 Å². The summed E-state index contributed by atoms with van der Waals surface area (Å²) in [5.41, 5.74) is 0.0753. The Morgan fingerprint density at radius 1 is 1.35 bits per heavy atom. The van der Waals surface area contributed by atoms with Crippen molar-refractivity contribution >= 4 is 35.0 Å². The van der Waals surface area contributed by atoms with Crippen LogP contribution in [0.4, 0.5) is 23.7 Å². The van der Waals surface area contributed by atoms with Crippen LogP contribution in [0.3, 0.4) is 0 Å². The van der Waals surface area contributed by atoms with Gasteiger partial charge in [-0.25, -0.2) is 4.79 Å². The van der Waals surface area contributed by atoms with Crippen LogP contribution in [0.5, 0.6) is 0 Å². The highest BCUT2D eigenvalue weighted by molar-refractivity contribution is 6.43. The second-order valence-electron chi connectivity index (χ2n) is 2.92. The molecular weight excluding hydrogens is 282 g/mol. The molecule has 0 aliphatic rings. The molecule has 0 atom stereocenters. The third-order valence-corrected chi connectivity index (χ3v) is 2.37. The van der Waals surface area contributed by atoms with Gasteiger partial charge in [-0.3, -0.25) is 5.32 Å². The molecule has 0 bridgehead atoms. The van der Waals surface area contributed by atoms with E-state index in [1.165, 1.54) is 18.2 Å². The van der Waals surface area contributed by atoms with Crippen molar-refractivity contribution in [3.8, 4) is 0 Å². The van der Waals surface area contributed by atoms with E-state index >= 15 is 0 Å². The number of alkyl halides is 3. The first-order valence-corrected chi connectivity index (χ1v) is 5.00. The number of halogens is 5. The van der Waals surface area contributed by atoms with Crippen molar-refractivity contribution in [2.45, 2.75) is 6.18 Å². The lowest BCUT2D eigenvalue weighted by Crippen LogP contribution is -2.23. The van der Waals surface area contributed by atoms with Crippen LogP contribution in [0.2, 0.25) is 10.0 Å². The molecule has 3 nitrogen and oxygen atoms in total. The summed E-state index contributed by atoms with van der Waals surface area (Å²) >= 11 is 11.3. The summed E-state index contributed by atoms with van der Waals surface area (Å²) in [7, 11) is 0. The highest BCUT2D eigenvalue weighted by atomic mass is 35.5. The summed E-state index contributed by atoms with van der Waals surface area (Å²) < 4.78 is 39.2. The molecule has 1 aromatic rings. The molecule has 1 amide bonds. The normalized spacial score (nSPS) is 11.1. The van der Waals surface area contributed by atoms with Gasteiger partial charge in [0.2, 0.25) is 0 Å². The topological polar surface area (TPSA) is 38.3 Å². The number of benzene rings is 1. The first kappa shape index (κ1) is 13.9. The number of amides is 1. The highest BCUT2D eigenvalue weighted by Crippen LogP contribution is 2.29. The Kier molecular flexibility index (Phi) is 4.47. The van der Waals surface area contributed by atoms with Crippen molar-refractivity contribution in [2.75, 3.05) is 11.9 Å². The van der Waals surface area contributed by atoms with Crippen molar-refractivity contribution in [2.24, 2.45) is 0 Å². The maximum Gasteiger partial charge on any atom is 0.422 e. The van der Waals surface area contributed by atoms with Crippen molar-refractivity contribution in [3.05, 3.63) is 28.2 Å². The van der Waals surface area contributed by atoms with Crippen LogP contribution in [0.25, 0.3) is 0 Å². The summed E-state index contributed by atoms with van der Waals surface area (Å²) in [4.78, 5) is 11.0. The van der Waals surface area contributed by atoms with Gasteiger partial charge in [0.05, 0.1) is 15.7 Å². The van der Waals surface area contributed by atoms with Gasteiger partial charge >= 0.3 is 12.3 Å². The summed E-state index contributed by atoms with van der Waals surface area (Å²) in [5.74, 6) is 0. The Morgan fingerprint density at radius 3 is 2.59 bits per heavy atom. The summed E-state index contributed by atoms with van der Waals surface area (Å²) in [6, 6.07) is 4.33. The highest BCUT2D eigenvalue weighted by Gasteiger charge is 2.29. The summed E-state index contributed by atoms with van der Waals surface area (Å²) in [6.07, 6.45) is -5.83. The lowest BCUT2D eigenvalue weighted by molar-refractivity contribution is -0.159. The fourth-order valence-corrected chi connectivity index (χ4v) is 1.24. The van der Waals surface area contributed by atoms with Gasteiger partial charge in [-0.15, -0.1) is 0 Å². The Labute approximate surface area is 104 Å². The number of hydrogen-bond donors (Lipinski definition) is 1. The monoisotopic (exact) mass is 287 g/mol. The van der Waals surface area contributed by atoms with E-state index in [9.17, 15) is 18.0 Å². The van der Waals surface area contributed by atoms with Crippen LogP contribution in [-0.2, 0) is 4.74 Å². The number of hydrogen-bond acceptors (Lipinski definition) is 2. The third kappa shape index (κ3) is 4.70. The third-order valence-electron chi connectivity index (χ3n) is 1.56. The van der Waals surface area contributed by atoms with Gasteiger partial charge in [0.15, 0.2) is 6.61 Å². The first-order chi connectivity index (χ1) is 7.79. The molecule has 0 heterocycles. The van der Waals surface area contributed by atoms with Crippen LogP contribution in [0.1, 0.15) is 0 Å². The number of carbonyl (C=O) groups excluding carboxylic acids is 1. The van der Waals surface area contributed by atoms with Gasteiger partial charge in [-0.2, -0.15) is 13.2 Å². The van der Waals surface area contributed by atoms with E-state index < -0.39 is 18.9 Å². The molecule has 0 aliphatic carbocycles. The molecule has 0 radical (unpaired) electrons. The number of ether oxygens (including phenoxy) is 1. The molecule has 8 heteroatoms. The minimum Gasteiger partial charge on any atom is -0.440 e. The lowest BCUT2D eigenvalue weighted by atomic mass is 10.3. The second kappa shape index (κ2) is 5.46. The molecule has 1 aromatic carbocycles.